The molecule has 0 amide bonds. The number of benzene rings is 1. The molecule has 1 N–H and O–H groups in total. The lowest BCUT2D eigenvalue weighted by molar-refractivity contribution is 0.312. The van der Waals surface area contributed by atoms with Crippen LogP contribution in [0.15, 0.2) is 24.3 Å². The van der Waals surface area contributed by atoms with Gasteiger partial charge in [0.15, 0.2) is 0 Å². The van der Waals surface area contributed by atoms with Crippen molar-refractivity contribution in [2.24, 2.45) is 0 Å². The Morgan fingerprint density at radius 1 is 1.35 bits per heavy atom. The largest absolute Gasteiger partial charge is 0.458 e. The number of hydrogen-bond donors (Lipinski definition) is 1. The lowest BCUT2D eigenvalue weighted by Crippen LogP contribution is -2.10. The van der Waals surface area contributed by atoms with Crippen LogP contribution in [0.3, 0.4) is 0 Å². The predicted molar refractivity (Wildman–Crippen MR) is 69.4 cm³/mol. The molecule has 0 saturated carbocycles. The summed E-state index contributed by atoms with van der Waals surface area (Å²) in [5.74, 6) is 0.625. The standard InChI is InChI=1S/C12H20NO3P/c1-4-5-8-11-9-6-7-10-12(11)16-17(14,13-2)15-3/h6-7,9-10H,4-5,8H2,1-3H3,(H,13,14). The third kappa shape index (κ3) is 4.15. The molecular formula is C12H20NO3P. The van der Waals surface area contributed by atoms with Crippen molar-refractivity contribution in [3.63, 3.8) is 0 Å². The van der Waals surface area contributed by atoms with E-state index < -0.39 is 7.75 Å². The zero-order valence-electron chi connectivity index (χ0n) is 10.6. The first-order valence-electron chi connectivity index (χ1n) is 5.77. The summed E-state index contributed by atoms with van der Waals surface area (Å²) < 4.78 is 22.3. The average Bonchev–Trinajstić information content (AvgIpc) is 2.37. The number of hydrogen-bond acceptors (Lipinski definition) is 3. The molecule has 0 spiro atoms. The first-order valence-corrected chi connectivity index (χ1v) is 7.31. The summed E-state index contributed by atoms with van der Waals surface area (Å²) in [6.45, 7) is 2.14. The molecule has 1 aromatic rings. The molecule has 0 aliphatic rings. The molecule has 17 heavy (non-hydrogen) atoms. The molecule has 1 aromatic carbocycles. The number of rotatable bonds is 7. The Bertz CT molecular complexity index is 387. The van der Waals surface area contributed by atoms with Gasteiger partial charge in [-0.15, -0.1) is 0 Å². The monoisotopic (exact) mass is 257 g/mol. The number of aryl methyl sites for hydroxylation is 1. The molecule has 4 nitrogen and oxygen atoms in total. The van der Waals surface area contributed by atoms with Crippen molar-refractivity contribution in [1.29, 1.82) is 0 Å². The van der Waals surface area contributed by atoms with Gasteiger partial charge in [-0.05, 0) is 31.5 Å². The molecule has 1 unspecified atom stereocenters. The molecule has 0 aliphatic carbocycles. The Morgan fingerprint density at radius 2 is 2.06 bits per heavy atom. The Labute approximate surface area is 103 Å². The zero-order chi connectivity index (χ0) is 12.7. The van der Waals surface area contributed by atoms with Crippen molar-refractivity contribution in [2.75, 3.05) is 14.2 Å². The van der Waals surface area contributed by atoms with E-state index in [0.717, 1.165) is 24.8 Å². The minimum atomic E-state index is -3.21. The molecule has 1 rings (SSSR count). The second kappa shape index (κ2) is 6.80. The highest BCUT2D eigenvalue weighted by Crippen LogP contribution is 2.43. The van der Waals surface area contributed by atoms with E-state index >= 15 is 0 Å². The Balaban J connectivity index is 2.86. The van der Waals surface area contributed by atoms with Crippen LogP contribution in [0.1, 0.15) is 25.3 Å². The summed E-state index contributed by atoms with van der Waals surface area (Å²) in [5, 5.41) is 2.57. The molecule has 0 aliphatic heterocycles. The highest BCUT2D eigenvalue weighted by Gasteiger charge is 2.22. The zero-order valence-corrected chi connectivity index (χ0v) is 11.5. The van der Waals surface area contributed by atoms with Crippen molar-refractivity contribution in [2.45, 2.75) is 26.2 Å². The highest BCUT2D eigenvalue weighted by atomic mass is 31.2. The second-order valence-corrected chi connectivity index (χ2v) is 5.70. The minimum Gasteiger partial charge on any atom is -0.413 e. The smallest absolute Gasteiger partial charge is 0.413 e. The van der Waals surface area contributed by atoms with Gasteiger partial charge in [-0.3, -0.25) is 4.52 Å². The van der Waals surface area contributed by atoms with E-state index in [1.807, 2.05) is 24.3 Å². The Kier molecular flexibility index (Phi) is 5.69. The van der Waals surface area contributed by atoms with Gasteiger partial charge in [-0.1, -0.05) is 31.5 Å². The Hall–Kier alpha value is -0.830. The maximum atomic E-state index is 12.0. The summed E-state index contributed by atoms with van der Waals surface area (Å²) in [6, 6.07) is 7.62. The van der Waals surface area contributed by atoms with Gasteiger partial charge in [0.1, 0.15) is 5.75 Å². The average molecular weight is 257 g/mol. The highest BCUT2D eigenvalue weighted by molar-refractivity contribution is 7.52. The second-order valence-electron chi connectivity index (χ2n) is 3.71. The molecule has 0 radical (unpaired) electrons. The first kappa shape index (κ1) is 14.2. The van der Waals surface area contributed by atoms with Gasteiger partial charge in [0, 0.05) is 7.11 Å². The van der Waals surface area contributed by atoms with Crippen LogP contribution in [0.2, 0.25) is 0 Å². The lowest BCUT2D eigenvalue weighted by atomic mass is 10.1. The summed E-state index contributed by atoms with van der Waals surface area (Å²) >= 11 is 0. The molecule has 0 saturated heterocycles. The molecule has 0 aromatic heterocycles. The maximum absolute atomic E-state index is 12.0. The van der Waals surface area contributed by atoms with Crippen LogP contribution in [0.5, 0.6) is 5.75 Å². The van der Waals surface area contributed by atoms with Gasteiger partial charge >= 0.3 is 7.75 Å². The van der Waals surface area contributed by atoms with Crippen LogP contribution >= 0.6 is 7.75 Å². The van der Waals surface area contributed by atoms with E-state index in [2.05, 4.69) is 12.0 Å². The normalized spacial score (nSPS) is 14.3. The SMILES string of the molecule is CCCCc1ccccc1OP(=O)(NC)OC. The van der Waals surface area contributed by atoms with Crippen molar-refractivity contribution in [3.05, 3.63) is 29.8 Å². The van der Waals surface area contributed by atoms with Crippen LogP contribution in [0, 0.1) is 0 Å². The van der Waals surface area contributed by atoms with E-state index in [0.29, 0.717) is 5.75 Å². The number of nitrogens with one attached hydrogen (secondary N) is 1. The van der Waals surface area contributed by atoms with Crippen molar-refractivity contribution in [3.8, 4) is 5.75 Å². The van der Waals surface area contributed by atoms with Crippen LogP contribution in [0.4, 0.5) is 0 Å². The molecule has 0 fully saturated rings. The number of unbranched alkanes of at least 4 members (excludes halogenated alkanes) is 1. The van der Waals surface area contributed by atoms with Gasteiger partial charge in [0.05, 0.1) is 0 Å². The van der Waals surface area contributed by atoms with E-state index in [9.17, 15) is 4.57 Å². The van der Waals surface area contributed by atoms with E-state index in [-0.39, 0.29) is 0 Å². The predicted octanol–water partition coefficient (Wildman–Crippen LogP) is 3.38. The van der Waals surface area contributed by atoms with E-state index in [4.69, 9.17) is 9.05 Å². The molecular weight excluding hydrogens is 237 g/mol. The van der Waals surface area contributed by atoms with Gasteiger partial charge in [-0.2, -0.15) is 0 Å². The lowest BCUT2D eigenvalue weighted by Gasteiger charge is -2.17. The van der Waals surface area contributed by atoms with E-state index in [1.54, 1.807) is 7.05 Å². The van der Waals surface area contributed by atoms with Crippen LogP contribution in [0.25, 0.3) is 0 Å². The third-order valence-electron chi connectivity index (χ3n) is 2.51. The topological polar surface area (TPSA) is 47.6 Å². The third-order valence-corrected chi connectivity index (χ3v) is 3.97. The van der Waals surface area contributed by atoms with E-state index in [1.165, 1.54) is 7.11 Å². The molecule has 0 heterocycles. The fourth-order valence-electron chi connectivity index (χ4n) is 1.47. The summed E-state index contributed by atoms with van der Waals surface area (Å²) in [6.07, 6.45) is 3.11. The minimum absolute atomic E-state index is 0.625. The maximum Gasteiger partial charge on any atom is 0.458 e. The van der Waals surface area contributed by atoms with Gasteiger partial charge in [0.2, 0.25) is 0 Å². The van der Waals surface area contributed by atoms with Gasteiger partial charge < -0.3 is 4.52 Å². The first-order chi connectivity index (χ1) is 8.15. The molecule has 0 bridgehead atoms. The Morgan fingerprint density at radius 3 is 2.65 bits per heavy atom. The van der Waals surface area contributed by atoms with Crippen LogP contribution in [-0.4, -0.2) is 14.2 Å². The van der Waals surface area contributed by atoms with Crippen molar-refractivity contribution >= 4 is 7.75 Å². The fraction of sp³-hybridized carbons (Fsp3) is 0.500. The molecule has 1 atom stereocenters. The van der Waals surface area contributed by atoms with Crippen molar-refractivity contribution < 1.29 is 13.6 Å². The van der Waals surface area contributed by atoms with Crippen LogP contribution < -0.4 is 9.61 Å². The fourth-order valence-corrected chi connectivity index (χ4v) is 2.26. The summed E-state index contributed by atoms with van der Waals surface area (Å²) in [5.41, 5.74) is 1.06. The van der Waals surface area contributed by atoms with Crippen LogP contribution in [-0.2, 0) is 15.5 Å². The summed E-state index contributed by atoms with van der Waals surface area (Å²) in [4.78, 5) is 0. The van der Waals surface area contributed by atoms with Gasteiger partial charge in [0.25, 0.3) is 0 Å². The quantitative estimate of drug-likeness (QED) is 0.761. The number of para-hydroxylation sites is 1. The summed E-state index contributed by atoms with van der Waals surface area (Å²) in [7, 11) is -0.291. The van der Waals surface area contributed by atoms with Crippen molar-refractivity contribution in [1.82, 2.24) is 5.09 Å². The van der Waals surface area contributed by atoms with Gasteiger partial charge in [-0.25, -0.2) is 9.65 Å². The molecule has 5 heteroatoms. The molecule has 96 valence electrons.